The van der Waals surface area contributed by atoms with Crippen LogP contribution >= 0.6 is 0 Å². The molecule has 0 saturated carbocycles. The van der Waals surface area contributed by atoms with Crippen LogP contribution in [0.1, 0.15) is 17.3 Å². The highest BCUT2D eigenvalue weighted by atomic mass is 16.2. The van der Waals surface area contributed by atoms with E-state index in [4.69, 9.17) is 0 Å². The number of fused-ring (bicyclic) bond motifs is 1. The molecule has 0 N–H and O–H groups in total. The number of hydrogen-bond acceptors (Lipinski definition) is 4. The van der Waals surface area contributed by atoms with Crippen LogP contribution in [-0.2, 0) is 6.54 Å². The summed E-state index contributed by atoms with van der Waals surface area (Å²) in [6.45, 7) is 5.51. The Morgan fingerprint density at radius 1 is 0.848 bits per heavy atom. The van der Waals surface area contributed by atoms with Crippen molar-refractivity contribution in [2.24, 2.45) is 0 Å². The number of nitrogens with zero attached hydrogens (tertiary/aromatic N) is 4. The highest BCUT2D eigenvalue weighted by Crippen LogP contribution is 2.20. The molecule has 0 radical (unpaired) electrons. The third-order valence-electron chi connectivity index (χ3n) is 6.26. The van der Waals surface area contributed by atoms with Gasteiger partial charge in [0, 0.05) is 49.5 Å². The first kappa shape index (κ1) is 20.9. The Kier molecular flexibility index (Phi) is 5.65. The zero-order valence-electron chi connectivity index (χ0n) is 18.6. The van der Waals surface area contributed by atoms with Crippen molar-refractivity contribution >= 4 is 22.6 Å². The van der Waals surface area contributed by atoms with Crippen molar-refractivity contribution in [3.63, 3.8) is 0 Å². The molecule has 0 atom stereocenters. The molecule has 0 spiro atoms. The van der Waals surface area contributed by atoms with Crippen molar-refractivity contribution in [3.05, 3.63) is 94.8 Å². The van der Waals surface area contributed by atoms with Gasteiger partial charge in [-0.1, -0.05) is 42.5 Å². The number of anilines is 1. The van der Waals surface area contributed by atoms with Crippen molar-refractivity contribution in [2.75, 3.05) is 31.1 Å². The van der Waals surface area contributed by atoms with Crippen LogP contribution in [0.15, 0.2) is 83.7 Å². The molecule has 2 heterocycles. The first-order valence-corrected chi connectivity index (χ1v) is 11.3. The highest BCUT2D eigenvalue weighted by Gasteiger charge is 2.22. The molecule has 0 aliphatic carbocycles. The second-order valence-corrected chi connectivity index (χ2v) is 8.19. The number of aromatic nitrogens is 2. The molecule has 1 saturated heterocycles. The number of hydrogen-bond donors (Lipinski definition) is 0. The van der Waals surface area contributed by atoms with Gasteiger partial charge in [0.05, 0.1) is 11.0 Å². The zero-order chi connectivity index (χ0) is 22.8. The second kappa shape index (κ2) is 8.90. The summed E-state index contributed by atoms with van der Waals surface area (Å²) in [6.07, 6.45) is 0. The van der Waals surface area contributed by atoms with Gasteiger partial charge in [-0.2, -0.15) is 0 Å². The van der Waals surface area contributed by atoms with Gasteiger partial charge >= 0.3 is 0 Å². The maximum Gasteiger partial charge on any atom is 0.277 e. The van der Waals surface area contributed by atoms with Gasteiger partial charge in [-0.3, -0.25) is 9.59 Å². The van der Waals surface area contributed by atoms with E-state index in [-0.39, 0.29) is 11.5 Å². The number of amides is 1. The Bertz CT molecular complexity index is 1340. The van der Waals surface area contributed by atoms with Crippen LogP contribution in [0.2, 0.25) is 0 Å². The summed E-state index contributed by atoms with van der Waals surface area (Å²) in [5.74, 6) is 0.0201. The predicted molar refractivity (Wildman–Crippen MR) is 132 cm³/mol. The van der Waals surface area contributed by atoms with Crippen LogP contribution < -0.4 is 10.5 Å². The maximum atomic E-state index is 13.1. The molecule has 6 heteroatoms. The molecule has 3 aromatic carbocycles. The molecule has 1 aromatic heterocycles. The summed E-state index contributed by atoms with van der Waals surface area (Å²) in [5, 5.41) is 0. The second-order valence-electron chi connectivity index (χ2n) is 8.19. The summed E-state index contributed by atoms with van der Waals surface area (Å²) in [6, 6.07) is 25.2. The van der Waals surface area contributed by atoms with Gasteiger partial charge in [-0.25, -0.2) is 4.98 Å². The fourth-order valence-electron chi connectivity index (χ4n) is 4.45. The first-order chi connectivity index (χ1) is 16.2. The minimum absolute atomic E-state index is 0.0201. The Morgan fingerprint density at radius 2 is 1.52 bits per heavy atom. The Labute approximate surface area is 192 Å². The summed E-state index contributed by atoms with van der Waals surface area (Å²) in [7, 11) is 0. The smallest absolute Gasteiger partial charge is 0.277 e. The molecule has 1 aliphatic heterocycles. The molecule has 4 aromatic rings. The van der Waals surface area contributed by atoms with Crippen molar-refractivity contribution in [1.82, 2.24) is 14.5 Å². The molecule has 33 heavy (non-hydrogen) atoms. The van der Waals surface area contributed by atoms with Crippen LogP contribution in [0.5, 0.6) is 0 Å². The lowest BCUT2D eigenvalue weighted by molar-refractivity contribution is 0.0747. The summed E-state index contributed by atoms with van der Waals surface area (Å²) in [5.41, 5.74) is 4.44. The lowest BCUT2D eigenvalue weighted by Crippen LogP contribution is -2.48. The van der Waals surface area contributed by atoms with Crippen LogP contribution in [0.4, 0.5) is 5.69 Å². The molecule has 1 amide bonds. The summed E-state index contributed by atoms with van der Waals surface area (Å²) >= 11 is 0. The van der Waals surface area contributed by atoms with Gasteiger partial charge in [0.15, 0.2) is 0 Å². The van der Waals surface area contributed by atoms with Gasteiger partial charge < -0.3 is 14.4 Å². The average Bonchev–Trinajstić information content (AvgIpc) is 2.89. The molecule has 6 nitrogen and oxygen atoms in total. The van der Waals surface area contributed by atoms with E-state index in [1.807, 2.05) is 66.4 Å². The number of para-hydroxylation sites is 3. The lowest BCUT2D eigenvalue weighted by atomic mass is 10.1. The molecular formula is C27H26N4O2. The van der Waals surface area contributed by atoms with Gasteiger partial charge in [0.2, 0.25) is 0 Å². The van der Waals surface area contributed by atoms with Crippen molar-refractivity contribution in [1.29, 1.82) is 0 Å². The van der Waals surface area contributed by atoms with E-state index >= 15 is 0 Å². The normalized spacial score (nSPS) is 14.0. The van der Waals surface area contributed by atoms with E-state index in [1.165, 1.54) is 5.69 Å². The standard InChI is InChI=1S/C27H26N4O2/c1-2-31-24-11-7-6-10-23(24)28-25(27(31)33)20-12-14-21(15-13-20)26(32)30-18-16-29(17-19-30)22-8-4-3-5-9-22/h3-15H,2,16-19H2,1H3. The van der Waals surface area contributed by atoms with Crippen LogP contribution in [0.25, 0.3) is 22.3 Å². The molecule has 166 valence electrons. The fraction of sp³-hybridized carbons (Fsp3) is 0.222. The molecular weight excluding hydrogens is 412 g/mol. The Hall–Kier alpha value is -3.93. The van der Waals surface area contributed by atoms with E-state index in [2.05, 4.69) is 22.0 Å². The quantitative estimate of drug-likeness (QED) is 0.482. The van der Waals surface area contributed by atoms with Crippen LogP contribution in [0, 0.1) is 0 Å². The molecule has 1 aliphatic rings. The van der Waals surface area contributed by atoms with E-state index < -0.39 is 0 Å². The lowest BCUT2D eigenvalue weighted by Gasteiger charge is -2.36. The zero-order valence-corrected chi connectivity index (χ0v) is 18.6. The van der Waals surface area contributed by atoms with Crippen molar-refractivity contribution in [2.45, 2.75) is 13.5 Å². The Morgan fingerprint density at radius 3 is 2.21 bits per heavy atom. The van der Waals surface area contributed by atoms with Crippen LogP contribution in [0.3, 0.4) is 0 Å². The van der Waals surface area contributed by atoms with E-state index in [0.717, 1.165) is 29.7 Å². The van der Waals surface area contributed by atoms with E-state index in [1.54, 1.807) is 16.7 Å². The van der Waals surface area contributed by atoms with Gasteiger partial charge in [-0.05, 0) is 43.3 Å². The van der Waals surface area contributed by atoms with Crippen molar-refractivity contribution in [3.8, 4) is 11.3 Å². The predicted octanol–water partition coefficient (Wildman–Crippen LogP) is 4.05. The number of aryl methyl sites for hydroxylation is 1. The highest BCUT2D eigenvalue weighted by molar-refractivity contribution is 5.95. The minimum Gasteiger partial charge on any atom is -0.368 e. The first-order valence-electron chi connectivity index (χ1n) is 11.3. The molecule has 1 fully saturated rings. The number of benzene rings is 3. The number of carbonyl (C=O) groups is 1. The third-order valence-corrected chi connectivity index (χ3v) is 6.26. The van der Waals surface area contributed by atoms with Crippen LogP contribution in [-0.4, -0.2) is 46.5 Å². The Balaban J connectivity index is 1.35. The van der Waals surface area contributed by atoms with Gasteiger partial charge in [0.1, 0.15) is 5.69 Å². The van der Waals surface area contributed by atoms with E-state index in [0.29, 0.717) is 30.9 Å². The largest absolute Gasteiger partial charge is 0.368 e. The summed E-state index contributed by atoms with van der Waals surface area (Å²) in [4.78, 5) is 34.9. The topological polar surface area (TPSA) is 58.4 Å². The monoisotopic (exact) mass is 438 g/mol. The molecule has 5 rings (SSSR count). The number of piperazine rings is 1. The number of rotatable bonds is 4. The van der Waals surface area contributed by atoms with E-state index in [9.17, 15) is 9.59 Å². The SMILES string of the molecule is CCn1c(=O)c(-c2ccc(C(=O)N3CCN(c4ccccc4)CC3)cc2)nc2ccccc21. The fourth-order valence-corrected chi connectivity index (χ4v) is 4.45. The van der Waals surface area contributed by atoms with Gasteiger partial charge in [-0.15, -0.1) is 0 Å². The maximum absolute atomic E-state index is 13.1. The van der Waals surface area contributed by atoms with Crippen molar-refractivity contribution < 1.29 is 4.79 Å². The van der Waals surface area contributed by atoms with Gasteiger partial charge in [0.25, 0.3) is 11.5 Å². The molecule has 0 unspecified atom stereocenters. The minimum atomic E-state index is -0.118. The third kappa shape index (κ3) is 4.00. The number of carbonyl (C=O) groups excluding carboxylic acids is 1. The average molecular weight is 439 g/mol. The summed E-state index contributed by atoms with van der Waals surface area (Å²) < 4.78 is 1.74. The molecule has 0 bridgehead atoms.